The molecular weight excluding hydrogens is 556 g/mol. The summed E-state index contributed by atoms with van der Waals surface area (Å²) < 4.78 is 19.2. The minimum atomic E-state index is -0.112. The van der Waals surface area contributed by atoms with Crippen molar-refractivity contribution in [2.45, 2.75) is 6.61 Å². The smallest absolute Gasteiger partial charge is 0.185 e. The molecule has 0 saturated carbocycles. The van der Waals surface area contributed by atoms with Gasteiger partial charge in [-0.15, -0.1) is 0 Å². The van der Waals surface area contributed by atoms with Gasteiger partial charge in [0.2, 0.25) is 0 Å². The van der Waals surface area contributed by atoms with Crippen molar-refractivity contribution in [2.24, 2.45) is 0 Å². The van der Waals surface area contributed by atoms with Crippen LogP contribution in [0.2, 0.25) is 0 Å². The monoisotopic (exact) mass is 568 g/mol. The second-order valence-electron chi connectivity index (χ2n) is 5.72. The van der Waals surface area contributed by atoms with E-state index in [-0.39, 0.29) is 12.4 Å². The summed E-state index contributed by atoms with van der Waals surface area (Å²) in [5.41, 5.74) is 0.581. The van der Waals surface area contributed by atoms with Crippen molar-refractivity contribution >= 4 is 59.6 Å². The van der Waals surface area contributed by atoms with Crippen LogP contribution in [-0.4, -0.2) is 12.9 Å². The van der Waals surface area contributed by atoms with E-state index in [4.69, 9.17) is 13.9 Å². The molecular formula is C21H15Br3O4. The van der Waals surface area contributed by atoms with Crippen LogP contribution in [0.1, 0.15) is 21.9 Å². The molecule has 0 spiro atoms. The van der Waals surface area contributed by atoms with Crippen molar-refractivity contribution in [2.75, 3.05) is 7.11 Å². The van der Waals surface area contributed by atoms with Crippen LogP contribution in [0.5, 0.6) is 11.5 Å². The molecule has 0 unspecified atom stereocenters. The molecule has 0 amide bonds. The highest BCUT2D eigenvalue weighted by Gasteiger charge is 2.10. The van der Waals surface area contributed by atoms with E-state index in [9.17, 15) is 4.79 Å². The lowest BCUT2D eigenvalue weighted by molar-refractivity contribution is 0.104. The van der Waals surface area contributed by atoms with Crippen LogP contribution in [-0.2, 0) is 6.61 Å². The van der Waals surface area contributed by atoms with Gasteiger partial charge < -0.3 is 13.9 Å². The van der Waals surface area contributed by atoms with Gasteiger partial charge in [-0.2, -0.15) is 0 Å². The lowest BCUT2D eigenvalue weighted by Gasteiger charge is -2.09. The number of hydrogen-bond acceptors (Lipinski definition) is 4. The van der Waals surface area contributed by atoms with Crippen molar-refractivity contribution < 1.29 is 18.7 Å². The molecule has 7 heteroatoms. The molecule has 0 bridgehead atoms. The number of carbonyl (C=O) groups excluding carboxylic acids is 1. The Hall–Kier alpha value is -1.83. The highest BCUT2D eigenvalue weighted by Crippen LogP contribution is 2.36. The molecule has 2 aromatic carbocycles. The molecule has 0 aliphatic carbocycles. The Kier molecular flexibility index (Phi) is 7.15. The first-order chi connectivity index (χ1) is 13.5. The lowest BCUT2D eigenvalue weighted by atomic mass is 10.1. The maximum absolute atomic E-state index is 12.2. The van der Waals surface area contributed by atoms with Gasteiger partial charge in [0, 0.05) is 10.0 Å². The molecule has 1 aromatic heterocycles. The van der Waals surface area contributed by atoms with Gasteiger partial charge in [0.1, 0.15) is 29.6 Å². The Morgan fingerprint density at radius 1 is 1.04 bits per heavy atom. The van der Waals surface area contributed by atoms with Crippen molar-refractivity contribution in [1.29, 1.82) is 0 Å². The molecule has 1 heterocycles. The number of furan rings is 1. The summed E-state index contributed by atoms with van der Waals surface area (Å²) in [6.45, 7) is 0.263. The molecule has 0 fully saturated rings. The van der Waals surface area contributed by atoms with Crippen molar-refractivity contribution in [3.8, 4) is 11.5 Å². The summed E-state index contributed by atoms with van der Waals surface area (Å²) in [6, 6.07) is 14.4. The number of methoxy groups -OCH3 is 1. The summed E-state index contributed by atoms with van der Waals surface area (Å²) in [5.74, 6) is 2.51. The van der Waals surface area contributed by atoms with Crippen LogP contribution < -0.4 is 9.47 Å². The molecule has 28 heavy (non-hydrogen) atoms. The molecule has 144 valence electrons. The Bertz CT molecular complexity index is 984. The largest absolute Gasteiger partial charge is 0.497 e. The Balaban J connectivity index is 1.62. The van der Waals surface area contributed by atoms with Crippen LogP contribution in [0.3, 0.4) is 0 Å². The number of ketones is 1. The number of hydrogen-bond donors (Lipinski definition) is 0. The third kappa shape index (κ3) is 5.37. The Morgan fingerprint density at radius 3 is 2.36 bits per heavy atom. The molecule has 3 aromatic rings. The van der Waals surface area contributed by atoms with Crippen LogP contribution in [0.4, 0.5) is 0 Å². The molecule has 0 atom stereocenters. The normalized spacial score (nSPS) is 11.0. The Labute approximate surface area is 187 Å². The Morgan fingerprint density at radius 2 is 1.71 bits per heavy atom. The van der Waals surface area contributed by atoms with Crippen LogP contribution >= 0.6 is 47.8 Å². The lowest BCUT2D eigenvalue weighted by Crippen LogP contribution is -1.95. The molecule has 0 N–H and O–H groups in total. The summed E-state index contributed by atoms with van der Waals surface area (Å²) >= 11 is 10.4. The first-order valence-electron chi connectivity index (χ1n) is 8.19. The summed E-state index contributed by atoms with van der Waals surface area (Å²) in [4.78, 5) is 12.2. The van der Waals surface area contributed by atoms with E-state index in [2.05, 4.69) is 47.8 Å². The quantitative estimate of drug-likeness (QED) is 0.226. The van der Waals surface area contributed by atoms with Crippen LogP contribution in [0.15, 0.2) is 72.4 Å². The maximum Gasteiger partial charge on any atom is 0.185 e. The summed E-state index contributed by atoms with van der Waals surface area (Å²) in [7, 11) is 1.59. The zero-order valence-electron chi connectivity index (χ0n) is 14.7. The van der Waals surface area contributed by atoms with E-state index in [1.807, 2.05) is 18.2 Å². The highest BCUT2D eigenvalue weighted by molar-refractivity contribution is 9.11. The van der Waals surface area contributed by atoms with Crippen molar-refractivity contribution in [3.05, 3.63) is 85.1 Å². The highest BCUT2D eigenvalue weighted by atomic mass is 79.9. The number of rotatable bonds is 7. The van der Waals surface area contributed by atoms with Gasteiger partial charge in [-0.25, -0.2) is 0 Å². The van der Waals surface area contributed by atoms with E-state index in [0.717, 1.165) is 13.4 Å². The SMILES string of the molecule is COc1ccc(C(=O)/C=C/c2ccc(COc3c(Br)cc(Br)cc3Br)o2)cc1. The van der Waals surface area contributed by atoms with Crippen molar-refractivity contribution in [3.63, 3.8) is 0 Å². The molecule has 0 aliphatic heterocycles. The second-order valence-corrected chi connectivity index (χ2v) is 8.34. The topological polar surface area (TPSA) is 48.7 Å². The number of ether oxygens (including phenoxy) is 2. The minimum absolute atomic E-state index is 0.112. The maximum atomic E-state index is 12.2. The first-order valence-corrected chi connectivity index (χ1v) is 10.6. The fraction of sp³-hybridized carbons (Fsp3) is 0.0952. The number of carbonyl (C=O) groups is 1. The van der Waals surface area contributed by atoms with Gasteiger partial charge in [-0.1, -0.05) is 15.9 Å². The first kappa shape index (κ1) is 20.9. The second kappa shape index (κ2) is 9.58. The van der Waals surface area contributed by atoms with Gasteiger partial charge in [-0.3, -0.25) is 4.79 Å². The number of allylic oxidation sites excluding steroid dienone is 1. The molecule has 3 rings (SSSR count). The summed E-state index contributed by atoms with van der Waals surface area (Å²) in [6.07, 6.45) is 3.12. The van der Waals surface area contributed by atoms with E-state index in [0.29, 0.717) is 28.6 Å². The third-order valence-electron chi connectivity index (χ3n) is 3.78. The van der Waals surface area contributed by atoms with Gasteiger partial charge in [0.25, 0.3) is 0 Å². The van der Waals surface area contributed by atoms with Crippen LogP contribution in [0.25, 0.3) is 6.08 Å². The molecule has 0 radical (unpaired) electrons. The van der Waals surface area contributed by atoms with Gasteiger partial charge in [0.05, 0.1) is 16.1 Å². The van der Waals surface area contributed by atoms with Gasteiger partial charge in [0.15, 0.2) is 5.78 Å². The van der Waals surface area contributed by atoms with E-state index in [1.54, 1.807) is 43.5 Å². The summed E-state index contributed by atoms with van der Waals surface area (Å²) in [5, 5.41) is 0. The number of benzene rings is 2. The van der Waals surface area contributed by atoms with Gasteiger partial charge >= 0.3 is 0 Å². The minimum Gasteiger partial charge on any atom is -0.497 e. The van der Waals surface area contributed by atoms with Gasteiger partial charge in [-0.05, 0) is 92.5 Å². The molecule has 4 nitrogen and oxygen atoms in total. The number of halogens is 3. The average molecular weight is 571 g/mol. The van der Waals surface area contributed by atoms with Crippen LogP contribution in [0, 0.1) is 0 Å². The van der Waals surface area contributed by atoms with E-state index in [1.165, 1.54) is 6.08 Å². The zero-order chi connectivity index (χ0) is 20.1. The fourth-order valence-corrected chi connectivity index (χ4v) is 4.87. The van der Waals surface area contributed by atoms with E-state index < -0.39 is 0 Å². The zero-order valence-corrected chi connectivity index (χ0v) is 19.5. The van der Waals surface area contributed by atoms with E-state index >= 15 is 0 Å². The van der Waals surface area contributed by atoms with Crippen molar-refractivity contribution in [1.82, 2.24) is 0 Å². The predicted octanol–water partition coefficient (Wildman–Crippen LogP) is 7.05. The predicted molar refractivity (Wildman–Crippen MR) is 119 cm³/mol. The third-order valence-corrected chi connectivity index (χ3v) is 5.41. The molecule has 0 saturated heterocycles. The average Bonchev–Trinajstić information content (AvgIpc) is 3.13. The fourth-order valence-electron chi connectivity index (χ4n) is 2.38. The standard InChI is InChI=1S/C21H15Br3O4/c1-26-15-4-2-13(3-5-15)20(25)9-8-16-6-7-17(28-16)12-27-21-18(23)10-14(22)11-19(21)24/h2-11H,12H2,1H3/b9-8+. The molecule has 0 aliphatic rings.